The molecule has 3 rings (SSSR count). The summed E-state index contributed by atoms with van der Waals surface area (Å²) in [4.78, 5) is 33.9. The fourth-order valence-electron chi connectivity index (χ4n) is 3.11. The van der Waals surface area contributed by atoms with Crippen molar-refractivity contribution in [3.8, 4) is 11.3 Å². The molecule has 24 heavy (non-hydrogen) atoms. The number of hydrogen-bond donors (Lipinski definition) is 1. The third-order valence-corrected chi connectivity index (χ3v) is 4.23. The van der Waals surface area contributed by atoms with Gasteiger partial charge in [-0.05, 0) is 38.0 Å². The monoisotopic (exact) mass is 325 g/mol. The number of benzene rings is 1. The second kappa shape index (κ2) is 6.39. The Morgan fingerprint density at radius 2 is 2.04 bits per heavy atom. The van der Waals surface area contributed by atoms with Crippen LogP contribution >= 0.6 is 0 Å². The van der Waals surface area contributed by atoms with Crippen LogP contribution in [0.2, 0.25) is 0 Å². The lowest BCUT2D eigenvalue weighted by atomic mass is 10.1. The van der Waals surface area contributed by atoms with Crippen LogP contribution in [-0.4, -0.2) is 38.4 Å². The lowest BCUT2D eigenvalue weighted by Gasteiger charge is -2.22. The van der Waals surface area contributed by atoms with Gasteiger partial charge in [0.1, 0.15) is 0 Å². The number of amides is 1. The minimum Gasteiger partial charge on any atom is -0.478 e. The van der Waals surface area contributed by atoms with Crippen LogP contribution in [0.3, 0.4) is 0 Å². The number of likely N-dealkylation sites (tertiary alicyclic amines) is 1. The molecular weight excluding hydrogens is 306 g/mol. The predicted octanol–water partition coefficient (Wildman–Crippen LogP) is 2.83. The van der Waals surface area contributed by atoms with E-state index in [1.165, 1.54) is 0 Å². The molecule has 1 fully saturated rings. The molecule has 1 aliphatic rings. The van der Waals surface area contributed by atoms with Gasteiger partial charge < -0.3 is 10.0 Å². The highest BCUT2D eigenvalue weighted by Crippen LogP contribution is 2.31. The molecule has 1 aromatic heterocycles. The van der Waals surface area contributed by atoms with Gasteiger partial charge in [-0.1, -0.05) is 12.1 Å². The predicted molar refractivity (Wildman–Crippen MR) is 88.5 cm³/mol. The molecule has 1 amide bonds. The van der Waals surface area contributed by atoms with Crippen molar-refractivity contribution in [2.45, 2.75) is 32.7 Å². The Labute approximate surface area is 140 Å². The maximum Gasteiger partial charge on any atom is 0.335 e. The van der Waals surface area contributed by atoms with E-state index in [-0.39, 0.29) is 17.5 Å². The smallest absolute Gasteiger partial charge is 0.335 e. The van der Waals surface area contributed by atoms with E-state index in [9.17, 15) is 9.59 Å². The summed E-state index contributed by atoms with van der Waals surface area (Å²) in [5.74, 6) is -0.322. The second-order valence-corrected chi connectivity index (χ2v) is 6.01. The van der Waals surface area contributed by atoms with E-state index in [1.807, 2.05) is 19.1 Å². The van der Waals surface area contributed by atoms with Crippen molar-refractivity contribution in [2.75, 3.05) is 6.54 Å². The molecule has 6 heteroatoms. The van der Waals surface area contributed by atoms with Crippen LogP contribution in [0.1, 0.15) is 47.7 Å². The highest BCUT2D eigenvalue weighted by Gasteiger charge is 2.30. The zero-order valence-corrected chi connectivity index (χ0v) is 13.7. The average Bonchev–Trinajstić information content (AvgIpc) is 3.04. The maximum atomic E-state index is 11.8. The van der Waals surface area contributed by atoms with Crippen LogP contribution in [0, 0.1) is 6.92 Å². The number of carboxylic acids is 1. The Hall–Kier alpha value is -2.76. The molecule has 1 saturated heterocycles. The van der Waals surface area contributed by atoms with E-state index in [1.54, 1.807) is 30.0 Å². The van der Waals surface area contributed by atoms with Crippen LogP contribution in [0.4, 0.5) is 0 Å². The van der Waals surface area contributed by atoms with Crippen LogP contribution in [0.15, 0.2) is 30.3 Å². The summed E-state index contributed by atoms with van der Waals surface area (Å²) in [6, 6.07) is 8.41. The van der Waals surface area contributed by atoms with Crippen molar-refractivity contribution in [2.24, 2.45) is 0 Å². The number of hydrogen-bond acceptors (Lipinski definition) is 4. The molecule has 1 N–H and O–H groups in total. The van der Waals surface area contributed by atoms with Crippen molar-refractivity contribution < 1.29 is 14.7 Å². The largest absolute Gasteiger partial charge is 0.478 e. The summed E-state index contributed by atoms with van der Waals surface area (Å²) in [7, 11) is 0. The zero-order valence-electron chi connectivity index (χ0n) is 13.7. The Bertz CT molecular complexity index is 804. The van der Waals surface area contributed by atoms with Gasteiger partial charge >= 0.3 is 5.97 Å². The maximum absolute atomic E-state index is 11.8. The van der Waals surface area contributed by atoms with Crippen molar-refractivity contribution >= 4 is 11.9 Å². The first-order chi connectivity index (χ1) is 11.5. The third kappa shape index (κ3) is 3.13. The molecule has 2 heterocycles. The fourth-order valence-corrected chi connectivity index (χ4v) is 3.11. The molecule has 1 aliphatic heterocycles. The quantitative estimate of drug-likeness (QED) is 0.938. The number of aryl methyl sites for hydroxylation is 1. The molecule has 124 valence electrons. The fraction of sp³-hybridized carbons (Fsp3) is 0.333. The van der Waals surface area contributed by atoms with Crippen LogP contribution in [0.25, 0.3) is 11.3 Å². The number of rotatable bonds is 3. The molecule has 1 atom stereocenters. The number of carbonyl (C=O) groups is 2. The first-order valence-corrected chi connectivity index (χ1v) is 7.92. The van der Waals surface area contributed by atoms with Crippen molar-refractivity contribution in [3.05, 3.63) is 47.4 Å². The molecule has 0 bridgehead atoms. The summed E-state index contributed by atoms with van der Waals surface area (Å²) < 4.78 is 0. The highest BCUT2D eigenvalue weighted by atomic mass is 16.4. The van der Waals surface area contributed by atoms with Crippen molar-refractivity contribution in [1.82, 2.24) is 14.9 Å². The van der Waals surface area contributed by atoms with Crippen LogP contribution < -0.4 is 0 Å². The molecular formula is C18H19N3O3. The molecule has 1 unspecified atom stereocenters. The number of carboxylic acid groups (broad SMARTS) is 1. The van der Waals surface area contributed by atoms with E-state index in [0.29, 0.717) is 11.5 Å². The van der Waals surface area contributed by atoms with Gasteiger partial charge in [-0.15, -0.1) is 0 Å². The number of carbonyl (C=O) groups excluding carboxylic acids is 1. The standard InChI is InChI=1S/C18H19N3O3/c1-11-9-15(13-5-3-6-14(10-13)18(23)24)20-17(19-11)16-7-4-8-21(16)12(2)22/h3,5-6,9-10,16H,4,7-8H2,1-2H3,(H,23,24). The molecule has 0 spiro atoms. The summed E-state index contributed by atoms with van der Waals surface area (Å²) in [5, 5.41) is 9.16. The SMILES string of the molecule is CC(=O)N1CCCC1c1nc(C)cc(-c2cccc(C(=O)O)c2)n1. The summed E-state index contributed by atoms with van der Waals surface area (Å²) in [6.45, 7) is 4.16. The normalized spacial score (nSPS) is 17.1. The van der Waals surface area contributed by atoms with Gasteiger partial charge in [0.25, 0.3) is 0 Å². The Morgan fingerprint density at radius 1 is 1.25 bits per heavy atom. The Balaban J connectivity index is 2.02. The van der Waals surface area contributed by atoms with Gasteiger partial charge in [0.2, 0.25) is 5.91 Å². The van der Waals surface area contributed by atoms with E-state index >= 15 is 0 Å². The lowest BCUT2D eigenvalue weighted by molar-refractivity contribution is -0.129. The van der Waals surface area contributed by atoms with Crippen LogP contribution in [0.5, 0.6) is 0 Å². The minimum atomic E-state index is -0.971. The summed E-state index contributed by atoms with van der Waals surface area (Å²) in [6.07, 6.45) is 1.78. The first-order valence-electron chi connectivity index (χ1n) is 7.92. The third-order valence-electron chi connectivity index (χ3n) is 4.23. The molecule has 0 saturated carbocycles. The molecule has 0 radical (unpaired) electrons. The van der Waals surface area contributed by atoms with Crippen LogP contribution in [-0.2, 0) is 4.79 Å². The minimum absolute atomic E-state index is 0.0250. The van der Waals surface area contributed by atoms with Gasteiger partial charge in [0.15, 0.2) is 5.82 Å². The summed E-state index contributed by atoms with van der Waals surface area (Å²) in [5.41, 5.74) is 2.42. The lowest BCUT2D eigenvalue weighted by Crippen LogP contribution is -2.29. The van der Waals surface area contributed by atoms with Crippen molar-refractivity contribution in [1.29, 1.82) is 0 Å². The van der Waals surface area contributed by atoms with Gasteiger partial charge in [0.05, 0.1) is 17.3 Å². The van der Waals surface area contributed by atoms with E-state index in [2.05, 4.69) is 9.97 Å². The van der Waals surface area contributed by atoms with Crippen molar-refractivity contribution in [3.63, 3.8) is 0 Å². The molecule has 1 aromatic carbocycles. The van der Waals surface area contributed by atoms with E-state index < -0.39 is 5.97 Å². The summed E-state index contributed by atoms with van der Waals surface area (Å²) >= 11 is 0. The zero-order chi connectivity index (χ0) is 17.3. The van der Waals surface area contributed by atoms with Gasteiger partial charge in [-0.3, -0.25) is 4.79 Å². The second-order valence-electron chi connectivity index (χ2n) is 6.01. The topological polar surface area (TPSA) is 83.4 Å². The Kier molecular flexibility index (Phi) is 4.29. The number of aromatic carboxylic acids is 1. The molecule has 6 nitrogen and oxygen atoms in total. The van der Waals surface area contributed by atoms with Gasteiger partial charge in [-0.25, -0.2) is 14.8 Å². The first kappa shape index (κ1) is 16.1. The van der Waals surface area contributed by atoms with E-state index in [0.717, 1.165) is 30.6 Å². The number of aromatic nitrogens is 2. The molecule has 0 aliphatic carbocycles. The van der Waals surface area contributed by atoms with Gasteiger partial charge in [0, 0.05) is 24.7 Å². The number of nitrogens with zero attached hydrogens (tertiary/aromatic N) is 3. The highest BCUT2D eigenvalue weighted by molar-refractivity contribution is 5.89. The molecule has 2 aromatic rings. The Morgan fingerprint density at radius 3 is 2.75 bits per heavy atom. The van der Waals surface area contributed by atoms with Gasteiger partial charge in [-0.2, -0.15) is 0 Å². The average molecular weight is 325 g/mol. The van der Waals surface area contributed by atoms with E-state index in [4.69, 9.17) is 5.11 Å².